The van der Waals surface area contributed by atoms with E-state index in [2.05, 4.69) is 9.47 Å². The number of benzene rings is 4. The molecule has 4 aromatic rings. The summed E-state index contributed by atoms with van der Waals surface area (Å²) in [5, 5.41) is -1.97. The molecule has 2 aliphatic rings. The van der Waals surface area contributed by atoms with E-state index in [0.29, 0.717) is 12.1 Å². The number of halogens is 6. The zero-order chi connectivity index (χ0) is 28.1. The second kappa shape index (κ2) is 7.65. The molecular formula is C27H10F6O6. The van der Waals surface area contributed by atoms with Crippen molar-refractivity contribution >= 4 is 45.4 Å². The third-order valence-corrected chi connectivity index (χ3v) is 6.97. The summed E-state index contributed by atoms with van der Waals surface area (Å²) >= 11 is 0. The number of hydrogen-bond acceptors (Lipinski definition) is 6. The van der Waals surface area contributed by atoms with Crippen molar-refractivity contribution in [1.82, 2.24) is 0 Å². The molecule has 2 aliphatic heterocycles. The predicted octanol–water partition coefficient (Wildman–Crippen LogP) is 6.02. The first kappa shape index (κ1) is 24.6. The number of carbonyl (C=O) groups excluding carboxylic acids is 4. The van der Waals surface area contributed by atoms with E-state index >= 15 is 26.3 Å². The molecule has 2 heterocycles. The SMILES string of the molecule is O=C1OC(=O)c2c1cc(C(c1cc3c(c4ccccc14)C(=O)OC3=O)(C(F)(F)F)C(F)(F)F)c1ccccc21. The van der Waals surface area contributed by atoms with Crippen molar-refractivity contribution in [1.29, 1.82) is 0 Å². The lowest BCUT2D eigenvalue weighted by Gasteiger charge is -2.40. The third kappa shape index (κ3) is 3.05. The Bertz CT molecular complexity index is 1680. The molecule has 0 bridgehead atoms. The first-order chi connectivity index (χ1) is 18.3. The Morgan fingerprint density at radius 3 is 1.15 bits per heavy atom. The summed E-state index contributed by atoms with van der Waals surface area (Å²) in [4.78, 5) is 49.4. The molecule has 0 N–H and O–H groups in total. The van der Waals surface area contributed by atoms with Crippen LogP contribution in [0.25, 0.3) is 21.5 Å². The summed E-state index contributed by atoms with van der Waals surface area (Å²) in [5.41, 5.74) is -10.1. The lowest BCUT2D eigenvalue weighted by Crippen LogP contribution is -2.55. The van der Waals surface area contributed by atoms with Gasteiger partial charge in [0.1, 0.15) is 0 Å². The van der Waals surface area contributed by atoms with Crippen molar-refractivity contribution in [2.24, 2.45) is 0 Å². The molecule has 0 saturated carbocycles. The van der Waals surface area contributed by atoms with E-state index in [9.17, 15) is 19.2 Å². The summed E-state index contributed by atoms with van der Waals surface area (Å²) in [6.45, 7) is 0. The van der Waals surface area contributed by atoms with Crippen molar-refractivity contribution in [3.8, 4) is 0 Å². The molecule has 6 nitrogen and oxygen atoms in total. The van der Waals surface area contributed by atoms with Gasteiger partial charge in [-0.2, -0.15) is 26.3 Å². The summed E-state index contributed by atoms with van der Waals surface area (Å²) < 4.78 is 101. The highest BCUT2D eigenvalue weighted by Gasteiger charge is 2.73. The quantitative estimate of drug-likeness (QED) is 0.174. The molecule has 0 radical (unpaired) electrons. The van der Waals surface area contributed by atoms with Gasteiger partial charge in [-0.3, -0.25) is 0 Å². The Labute approximate surface area is 212 Å². The second-order valence-corrected chi connectivity index (χ2v) is 8.88. The van der Waals surface area contributed by atoms with Crippen LogP contribution in [-0.2, 0) is 14.9 Å². The Morgan fingerprint density at radius 1 is 0.487 bits per heavy atom. The van der Waals surface area contributed by atoms with E-state index in [0.717, 1.165) is 24.3 Å². The molecule has 4 aromatic carbocycles. The second-order valence-electron chi connectivity index (χ2n) is 8.88. The zero-order valence-corrected chi connectivity index (χ0v) is 19.0. The maximum Gasteiger partial charge on any atom is 0.411 e. The van der Waals surface area contributed by atoms with E-state index in [1.807, 2.05) is 0 Å². The minimum atomic E-state index is -6.13. The molecule has 196 valence electrons. The minimum absolute atomic E-state index is 0.358. The van der Waals surface area contributed by atoms with Gasteiger partial charge < -0.3 is 9.47 Å². The topological polar surface area (TPSA) is 86.7 Å². The van der Waals surface area contributed by atoms with Crippen molar-refractivity contribution in [3.05, 3.63) is 94.0 Å². The fourth-order valence-corrected chi connectivity index (χ4v) is 5.43. The van der Waals surface area contributed by atoms with Crippen molar-refractivity contribution in [2.75, 3.05) is 0 Å². The fraction of sp³-hybridized carbons (Fsp3) is 0.111. The van der Waals surface area contributed by atoms with Gasteiger partial charge in [-0.05, 0) is 44.8 Å². The molecule has 0 aliphatic carbocycles. The van der Waals surface area contributed by atoms with Gasteiger partial charge in [0.2, 0.25) is 5.41 Å². The molecule has 12 heteroatoms. The van der Waals surface area contributed by atoms with Crippen LogP contribution in [0, 0.1) is 0 Å². The number of fused-ring (bicyclic) bond motifs is 6. The predicted molar refractivity (Wildman–Crippen MR) is 120 cm³/mol. The molecule has 0 atom stereocenters. The van der Waals surface area contributed by atoms with Crippen LogP contribution in [0.15, 0.2) is 60.7 Å². The van der Waals surface area contributed by atoms with Crippen LogP contribution in [0.3, 0.4) is 0 Å². The normalized spacial score (nSPS) is 15.5. The zero-order valence-electron chi connectivity index (χ0n) is 19.0. The van der Waals surface area contributed by atoms with Crippen molar-refractivity contribution in [2.45, 2.75) is 17.8 Å². The van der Waals surface area contributed by atoms with Gasteiger partial charge in [-0.1, -0.05) is 48.5 Å². The molecule has 0 aromatic heterocycles. The van der Waals surface area contributed by atoms with E-state index in [1.165, 1.54) is 24.3 Å². The highest BCUT2D eigenvalue weighted by molar-refractivity contribution is 6.23. The van der Waals surface area contributed by atoms with Gasteiger partial charge in [0.05, 0.1) is 22.3 Å². The van der Waals surface area contributed by atoms with E-state index in [4.69, 9.17) is 0 Å². The molecule has 6 rings (SSSR count). The maximum atomic E-state index is 15.3. The number of cyclic esters (lactones) is 4. The van der Waals surface area contributed by atoms with Gasteiger partial charge >= 0.3 is 36.2 Å². The van der Waals surface area contributed by atoms with Crippen LogP contribution in [-0.4, -0.2) is 36.2 Å². The van der Waals surface area contributed by atoms with Crippen molar-refractivity contribution < 1.29 is 55.0 Å². The van der Waals surface area contributed by atoms with Gasteiger partial charge in [0.25, 0.3) is 0 Å². The third-order valence-electron chi connectivity index (χ3n) is 6.97. The summed E-state index contributed by atoms with van der Waals surface area (Å²) in [6, 6.07) is 9.74. The highest BCUT2D eigenvalue weighted by Crippen LogP contribution is 2.60. The van der Waals surface area contributed by atoms with Crippen LogP contribution >= 0.6 is 0 Å². The highest BCUT2D eigenvalue weighted by atomic mass is 19.4. The number of hydrogen-bond donors (Lipinski definition) is 0. The Hall–Kier alpha value is -4.74. The van der Waals surface area contributed by atoms with Crippen molar-refractivity contribution in [3.63, 3.8) is 0 Å². The standard InChI is InChI=1S/C27H10F6O6/c28-26(29,30)25(27(31,32)33,17-9-15-19(23(36)38-21(15)34)13-7-3-1-5-11(13)17)18-10-16-20(24(37)39-22(16)35)14-8-4-2-6-12(14)18/h1-10H. The van der Waals surface area contributed by atoms with E-state index in [1.54, 1.807) is 0 Å². The number of ether oxygens (including phenoxy) is 2. The first-order valence-corrected chi connectivity index (χ1v) is 11.1. The summed E-state index contributed by atoms with van der Waals surface area (Å²) in [5.74, 6) is -5.25. The van der Waals surface area contributed by atoms with Crippen LogP contribution in [0.4, 0.5) is 26.3 Å². The molecule has 0 amide bonds. The average molecular weight is 544 g/mol. The van der Waals surface area contributed by atoms with E-state index in [-0.39, 0.29) is 10.8 Å². The van der Waals surface area contributed by atoms with Crippen LogP contribution in [0.2, 0.25) is 0 Å². The number of esters is 4. The van der Waals surface area contributed by atoms with Gasteiger partial charge in [0, 0.05) is 0 Å². The van der Waals surface area contributed by atoms with Gasteiger partial charge in [-0.25, -0.2) is 19.2 Å². The summed E-state index contributed by atoms with van der Waals surface area (Å²) in [6.07, 6.45) is -12.3. The molecule has 0 saturated heterocycles. The Morgan fingerprint density at radius 2 is 0.821 bits per heavy atom. The fourth-order valence-electron chi connectivity index (χ4n) is 5.43. The molecule has 39 heavy (non-hydrogen) atoms. The molecule has 0 fully saturated rings. The lowest BCUT2D eigenvalue weighted by atomic mass is 9.68. The Kier molecular flexibility index (Phi) is 4.82. The number of carbonyl (C=O) groups is 4. The first-order valence-electron chi connectivity index (χ1n) is 11.1. The number of alkyl halides is 6. The maximum absolute atomic E-state index is 15.3. The average Bonchev–Trinajstić information content (AvgIpc) is 3.31. The largest absolute Gasteiger partial charge is 0.411 e. The lowest BCUT2D eigenvalue weighted by molar-refractivity contribution is -0.287. The molecule has 0 unspecified atom stereocenters. The van der Waals surface area contributed by atoms with Gasteiger partial charge in [-0.15, -0.1) is 0 Å². The molecule has 0 spiro atoms. The smallest absolute Gasteiger partial charge is 0.386 e. The minimum Gasteiger partial charge on any atom is -0.386 e. The van der Waals surface area contributed by atoms with Gasteiger partial charge in [0.15, 0.2) is 0 Å². The van der Waals surface area contributed by atoms with Crippen LogP contribution in [0.5, 0.6) is 0 Å². The van der Waals surface area contributed by atoms with Crippen LogP contribution in [0.1, 0.15) is 52.6 Å². The monoisotopic (exact) mass is 544 g/mol. The Balaban J connectivity index is 1.88. The van der Waals surface area contributed by atoms with Crippen LogP contribution < -0.4 is 0 Å². The molecular weight excluding hydrogens is 534 g/mol. The van der Waals surface area contributed by atoms with E-state index < -0.39 is 85.8 Å². The number of rotatable bonds is 2. The summed E-state index contributed by atoms with van der Waals surface area (Å²) in [7, 11) is 0.